The average Bonchev–Trinajstić information content (AvgIpc) is 2.34. The molecule has 0 radical (unpaired) electrons. The highest BCUT2D eigenvalue weighted by atomic mass is 16.5. The van der Waals surface area contributed by atoms with E-state index in [9.17, 15) is 0 Å². The average molecular weight is 258 g/mol. The van der Waals surface area contributed by atoms with Gasteiger partial charge in [-0.1, -0.05) is 13.8 Å². The van der Waals surface area contributed by atoms with Crippen LogP contribution in [0.3, 0.4) is 0 Å². The van der Waals surface area contributed by atoms with E-state index in [1.54, 1.807) is 0 Å². The minimum Gasteiger partial charge on any atom is -0.381 e. The largest absolute Gasteiger partial charge is 0.381 e. The van der Waals surface area contributed by atoms with Crippen molar-refractivity contribution in [3.8, 4) is 0 Å². The molecular formula is C14H30N2O2. The van der Waals surface area contributed by atoms with Gasteiger partial charge in [-0.2, -0.15) is 0 Å². The molecule has 2 N–H and O–H groups in total. The van der Waals surface area contributed by atoms with Crippen molar-refractivity contribution in [1.82, 2.24) is 10.6 Å². The molecule has 0 amide bonds. The van der Waals surface area contributed by atoms with Crippen molar-refractivity contribution in [2.45, 2.75) is 45.7 Å². The number of hydrogen-bond donors (Lipinski definition) is 2. The van der Waals surface area contributed by atoms with E-state index in [4.69, 9.17) is 9.47 Å². The zero-order valence-electron chi connectivity index (χ0n) is 12.2. The van der Waals surface area contributed by atoms with Gasteiger partial charge in [-0.05, 0) is 32.2 Å². The van der Waals surface area contributed by atoms with Crippen LogP contribution in [0.5, 0.6) is 0 Å². The second-order valence-electron chi connectivity index (χ2n) is 5.64. The first-order valence-corrected chi connectivity index (χ1v) is 7.30. The van der Waals surface area contributed by atoms with Crippen molar-refractivity contribution >= 4 is 0 Å². The molecule has 1 heterocycles. The van der Waals surface area contributed by atoms with E-state index in [0.29, 0.717) is 18.0 Å². The number of hydrogen-bond acceptors (Lipinski definition) is 4. The lowest BCUT2D eigenvalue weighted by molar-refractivity contribution is 0.0709. The van der Waals surface area contributed by atoms with Gasteiger partial charge < -0.3 is 20.1 Å². The summed E-state index contributed by atoms with van der Waals surface area (Å²) in [5.74, 6) is 0.634. The van der Waals surface area contributed by atoms with Crippen molar-refractivity contribution < 1.29 is 9.47 Å². The third-order valence-electron chi connectivity index (χ3n) is 3.05. The number of rotatable bonds is 9. The van der Waals surface area contributed by atoms with Crippen LogP contribution in [0.25, 0.3) is 0 Å². The highest BCUT2D eigenvalue weighted by Gasteiger charge is 2.15. The van der Waals surface area contributed by atoms with E-state index in [1.807, 2.05) is 0 Å². The molecule has 0 aliphatic carbocycles. The third-order valence-corrected chi connectivity index (χ3v) is 3.05. The van der Waals surface area contributed by atoms with Crippen LogP contribution in [0.4, 0.5) is 0 Å². The molecule has 18 heavy (non-hydrogen) atoms. The Morgan fingerprint density at radius 1 is 1.39 bits per heavy atom. The van der Waals surface area contributed by atoms with Gasteiger partial charge in [-0.15, -0.1) is 0 Å². The summed E-state index contributed by atoms with van der Waals surface area (Å²) in [6.45, 7) is 12.1. The van der Waals surface area contributed by atoms with Gasteiger partial charge in [0.1, 0.15) is 0 Å². The summed E-state index contributed by atoms with van der Waals surface area (Å²) in [6, 6.07) is 1.05. The second-order valence-corrected chi connectivity index (χ2v) is 5.64. The molecule has 4 heteroatoms. The minimum absolute atomic E-state index is 0.512. The first kappa shape index (κ1) is 15.9. The van der Waals surface area contributed by atoms with Crippen molar-refractivity contribution in [3.05, 3.63) is 0 Å². The molecule has 0 aromatic heterocycles. The maximum absolute atomic E-state index is 5.55. The maximum atomic E-state index is 5.55. The van der Waals surface area contributed by atoms with Gasteiger partial charge in [0.25, 0.3) is 0 Å². The second kappa shape index (κ2) is 9.73. The molecule has 0 aromatic carbocycles. The lowest BCUT2D eigenvalue weighted by Crippen LogP contribution is -2.45. The summed E-state index contributed by atoms with van der Waals surface area (Å²) in [5.41, 5.74) is 0. The monoisotopic (exact) mass is 258 g/mol. The maximum Gasteiger partial charge on any atom is 0.0620 e. The third kappa shape index (κ3) is 8.03. The number of nitrogens with one attached hydrogen (secondary N) is 2. The summed E-state index contributed by atoms with van der Waals surface area (Å²) in [7, 11) is 0. The Hall–Kier alpha value is -0.160. The zero-order valence-corrected chi connectivity index (χ0v) is 12.2. The Morgan fingerprint density at radius 3 is 2.89 bits per heavy atom. The smallest absolute Gasteiger partial charge is 0.0620 e. The first-order valence-electron chi connectivity index (χ1n) is 7.30. The van der Waals surface area contributed by atoms with Crippen LogP contribution in [0, 0.1) is 5.92 Å². The number of morpholine rings is 1. The van der Waals surface area contributed by atoms with Crippen molar-refractivity contribution in [3.63, 3.8) is 0 Å². The topological polar surface area (TPSA) is 42.5 Å². The molecule has 108 valence electrons. The van der Waals surface area contributed by atoms with Crippen LogP contribution >= 0.6 is 0 Å². The molecule has 1 fully saturated rings. The van der Waals surface area contributed by atoms with Crippen LogP contribution in [-0.4, -0.2) is 51.6 Å². The Balaban J connectivity index is 1.91. The molecule has 2 unspecified atom stereocenters. The summed E-state index contributed by atoms with van der Waals surface area (Å²) in [4.78, 5) is 0. The lowest BCUT2D eigenvalue weighted by atomic mass is 10.1. The van der Waals surface area contributed by atoms with Crippen molar-refractivity contribution in [2.75, 3.05) is 39.5 Å². The molecule has 0 aromatic rings. The molecular weight excluding hydrogens is 228 g/mol. The van der Waals surface area contributed by atoms with Gasteiger partial charge in [0.2, 0.25) is 0 Å². The van der Waals surface area contributed by atoms with Gasteiger partial charge in [0.15, 0.2) is 0 Å². The van der Waals surface area contributed by atoms with E-state index < -0.39 is 0 Å². The van der Waals surface area contributed by atoms with Crippen LogP contribution < -0.4 is 10.6 Å². The Morgan fingerprint density at radius 2 is 2.22 bits per heavy atom. The van der Waals surface area contributed by atoms with Gasteiger partial charge in [0.05, 0.1) is 13.2 Å². The minimum atomic E-state index is 0.512. The first-order chi connectivity index (χ1) is 8.68. The fourth-order valence-electron chi connectivity index (χ4n) is 2.12. The number of ether oxygens (including phenoxy) is 2. The summed E-state index contributed by atoms with van der Waals surface area (Å²) >= 11 is 0. The van der Waals surface area contributed by atoms with Crippen LogP contribution in [0.15, 0.2) is 0 Å². The summed E-state index contributed by atoms with van der Waals surface area (Å²) in [6.07, 6.45) is 2.22. The quantitative estimate of drug-likeness (QED) is 0.614. The fourth-order valence-corrected chi connectivity index (χ4v) is 2.12. The van der Waals surface area contributed by atoms with E-state index >= 15 is 0 Å². The van der Waals surface area contributed by atoms with Crippen LogP contribution in [0.1, 0.15) is 33.6 Å². The predicted molar refractivity (Wildman–Crippen MR) is 75.0 cm³/mol. The van der Waals surface area contributed by atoms with Crippen molar-refractivity contribution in [1.29, 1.82) is 0 Å². The molecule has 0 spiro atoms. The van der Waals surface area contributed by atoms with Gasteiger partial charge >= 0.3 is 0 Å². The van der Waals surface area contributed by atoms with Gasteiger partial charge in [0, 0.05) is 31.8 Å². The van der Waals surface area contributed by atoms with E-state index in [-0.39, 0.29) is 0 Å². The molecule has 1 saturated heterocycles. The SMILES string of the molecule is CC(C)COCCCNC(C)CC1COCCN1. The normalized spacial score (nSPS) is 22.3. The van der Waals surface area contributed by atoms with Crippen LogP contribution in [0.2, 0.25) is 0 Å². The molecule has 2 atom stereocenters. The molecule has 1 aliphatic heterocycles. The highest BCUT2D eigenvalue weighted by Crippen LogP contribution is 2.02. The Bertz CT molecular complexity index is 194. The van der Waals surface area contributed by atoms with Crippen molar-refractivity contribution in [2.24, 2.45) is 5.92 Å². The van der Waals surface area contributed by atoms with Gasteiger partial charge in [-0.25, -0.2) is 0 Å². The van der Waals surface area contributed by atoms with E-state index in [2.05, 4.69) is 31.4 Å². The molecule has 1 aliphatic rings. The van der Waals surface area contributed by atoms with E-state index in [0.717, 1.165) is 52.4 Å². The fraction of sp³-hybridized carbons (Fsp3) is 1.00. The summed E-state index contributed by atoms with van der Waals surface area (Å²) < 4.78 is 11.0. The molecule has 4 nitrogen and oxygen atoms in total. The lowest BCUT2D eigenvalue weighted by Gasteiger charge is -2.26. The standard InChI is InChI=1S/C14H30N2O2/c1-12(2)10-17-7-4-5-15-13(3)9-14-11-18-8-6-16-14/h12-16H,4-11H2,1-3H3. The Kier molecular flexibility index (Phi) is 8.59. The van der Waals surface area contributed by atoms with Crippen LogP contribution in [-0.2, 0) is 9.47 Å². The van der Waals surface area contributed by atoms with Gasteiger partial charge in [-0.3, -0.25) is 0 Å². The highest BCUT2D eigenvalue weighted by molar-refractivity contribution is 4.75. The van der Waals surface area contributed by atoms with E-state index in [1.165, 1.54) is 0 Å². The zero-order chi connectivity index (χ0) is 13.2. The predicted octanol–water partition coefficient (Wildman–Crippen LogP) is 1.41. The Labute approximate surface area is 112 Å². The molecule has 0 bridgehead atoms. The summed E-state index contributed by atoms with van der Waals surface area (Å²) in [5, 5.41) is 7.03. The molecule has 0 saturated carbocycles. The molecule has 1 rings (SSSR count).